The lowest BCUT2D eigenvalue weighted by molar-refractivity contribution is -0.142. The third-order valence-corrected chi connectivity index (χ3v) is 6.15. The van der Waals surface area contributed by atoms with Crippen LogP contribution in [0.25, 0.3) is 0 Å². The number of carbonyl (C=O) groups is 2. The molecule has 140 valence electrons. The minimum absolute atomic E-state index is 0. The molecule has 4 aliphatic rings. The number of ether oxygens (including phenoxy) is 2. The Morgan fingerprint density at radius 3 is 2.58 bits per heavy atom. The summed E-state index contributed by atoms with van der Waals surface area (Å²) in [6.45, 7) is 2.75. The van der Waals surface area contributed by atoms with Gasteiger partial charge in [0.15, 0.2) is 11.5 Å². The zero-order chi connectivity index (χ0) is 17.1. The standard InChI is InChI=1S/C18H20N2O5.ClH/c21-17(16-10-4-19-5-11(10)16)20-6-12(13(7-20)18(22)23)9-1-2-14-15(3-9)25-8-24-14;/h1-3,10-13,16,19H,4-8H2,(H,22,23);1H/t10-,11+,12-,13+,16?;/m0./s1. The van der Waals surface area contributed by atoms with Crippen LogP contribution < -0.4 is 14.8 Å². The molecule has 5 rings (SSSR count). The minimum atomic E-state index is -0.851. The number of likely N-dealkylation sites (tertiary alicyclic amines) is 1. The van der Waals surface area contributed by atoms with Crippen molar-refractivity contribution in [3.05, 3.63) is 23.8 Å². The van der Waals surface area contributed by atoms with Crippen LogP contribution in [-0.4, -0.2) is 54.9 Å². The molecule has 0 bridgehead atoms. The van der Waals surface area contributed by atoms with Gasteiger partial charge < -0.3 is 24.8 Å². The number of carboxylic acid groups (broad SMARTS) is 1. The first kappa shape index (κ1) is 17.4. The molecule has 2 N–H and O–H groups in total. The van der Waals surface area contributed by atoms with Gasteiger partial charge in [-0.3, -0.25) is 9.59 Å². The van der Waals surface area contributed by atoms with Gasteiger partial charge in [0, 0.05) is 24.9 Å². The van der Waals surface area contributed by atoms with Crippen molar-refractivity contribution in [2.45, 2.75) is 5.92 Å². The van der Waals surface area contributed by atoms with Gasteiger partial charge in [-0.05, 0) is 42.6 Å². The van der Waals surface area contributed by atoms with E-state index in [4.69, 9.17) is 9.47 Å². The molecule has 2 saturated heterocycles. The van der Waals surface area contributed by atoms with Crippen molar-refractivity contribution in [2.24, 2.45) is 23.7 Å². The van der Waals surface area contributed by atoms with Crippen molar-refractivity contribution in [3.63, 3.8) is 0 Å². The molecule has 5 atom stereocenters. The highest BCUT2D eigenvalue weighted by molar-refractivity contribution is 5.85. The Morgan fingerprint density at radius 1 is 1.12 bits per heavy atom. The number of hydrogen-bond donors (Lipinski definition) is 2. The molecule has 3 aliphatic heterocycles. The number of hydrogen-bond acceptors (Lipinski definition) is 5. The lowest BCUT2D eigenvalue weighted by Gasteiger charge is -2.18. The molecule has 7 nitrogen and oxygen atoms in total. The summed E-state index contributed by atoms with van der Waals surface area (Å²) in [5, 5.41) is 12.9. The molecule has 0 spiro atoms. The number of piperidine rings is 1. The lowest BCUT2D eigenvalue weighted by Crippen LogP contribution is -2.34. The summed E-state index contributed by atoms with van der Waals surface area (Å²) in [6, 6.07) is 5.56. The SMILES string of the molecule is Cl.O=C(O)[C@@H]1CN(C(=O)C2[C@H]3CNC[C@@H]23)C[C@H]1c1ccc2c(c1)OCO2. The van der Waals surface area contributed by atoms with Crippen LogP contribution in [0.5, 0.6) is 11.5 Å². The fourth-order valence-electron chi connectivity index (χ4n) is 4.71. The molecule has 3 fully saturated rings. The number of carboxylic acids is 1. The van der Waals surface area contributed by atoms with E-state index in [2.05, 4.69) is 5.32 Å². The summed E-state index contributed by atoms with van der Waals surface area (Å²) in [4.78, 5) is 26.3. The Morgan fingerprint density at radius 2 is 1.85 bits per heavy atom. The Hall–Kier alpha value is -1.99. The molecule has 3 heterocycles. The average Bonchev–Trinajstić information content (AvgIpc) is 3.09. The van der Waals surface area contributed by atoms with E-state index >= 15 is 0 Å². The van der Waals surface area contributed by atoms with Gasteiger partial charge in [0.2, 0.25) is 12.7 Å². The fourth-order valence-corrected chi connectivity index (χ4v) is 4.71. The van der Waals surface area contributed by atoms with E-state index in [1.807, 2.05) is 18.2 Å². The second kappa shape index (κ2) is 6.32. The van der Waals surface area contributed by atoms with Gasteiger partial charge in [-0.1, -0.05) is 6.07 Å². The van der Waals surface area contributed by atoms with Gasteiger partial charge in [0.25, 0.3) is 0 Å². The molecular weight excluding hydrogens is 360 g/mol. The molecule has 0 radical (unpaired) electrons. The predicted molar refractivity (Wildman–Crippen MR) is 93.6 cm³/mol. The maximum absolute atomic E-state index is 12.8. The lowest BCUT2D eigenvalue weighted by atomic mass is 9.89. The zero-order valence-corrected chi connectivity index (χ0v) is 14.9. The highest BCUT2D eigenvalue weighted by atomic mass is 35.5. The smallest absolute Gasteiger partial charge is 0.308 e. The van der Waals surface area contributed by atoms with Crippen molar-refractivity contribution < 1.29 is 24.2 Å². The Kier molecular flexibility index (Phi) is 4.23. The van der Waals surface area contributed by atoms with Gasteiger partial charge in [0.1, 0.15) is 0 Å². The second-order valence-corrected chi connectivity index (χ2v) is 7.42. The quantitative estimate of drug-likeness (QED) is 0.811. The normalized spacial score (nSPS) is 33.5. The molecule has 1 aromatic carbocycles. The highest BCUT2D eigenvalue weighted by Gasteiger charge is 2.59. The van der Waals surface area contributed by atoms with Gasteiger partial charge in [0.05, 0.1) is 5.92 Å². The Bertz CT molecular complexity index is 747. The molecule has 1 aromatic rings. The Balaban J connectivity index is 0.00000168. The predicted octanol–water partition coefficient (Wildman–Crippen LogP) is 0.929. The number of rotatable bonds is 3. The van der Waals surface area contributed by atoms with E-state index in [9.17, 15) is 14.7 Å². The number of amides is 1. The number of halogens is 1. The molecular formula is C18H21ClN2O5. The second-order valence-electron chi connectivity index (χ2n) is 7.42. The van der Waals surface area contributed by atoms with Crippen LogP contribution in [0.2, 0.25) is 0 Å². The van der Waals surface area contributed by atoms with Crippen LogP contribution >= 0.6 is 12.4 Å². The van der Waals surface area contributed by atoms with E-state index in [1.54, 1.807) is 4.90 Å². The van der Waals surface area contributed by atoms with Crippen molar-refractivity contribution in [2.75, 3.05) is 33.0 Å². The number of fused-ring (bicyclic) bond motifs is 2. The van der Waals surface area contributed by atoms with Gasteiger partial charge in [-0.25, -0.2) is 0 Å². The van der Waals surface area contributed by atoms with Crippen LogP contribution in [0.4, 0.5) is 0 Å². The fraction of sp³-hybridized carbons (Fsp3) is 0.556. The largest absolute Gasteiger partial charge is 0.481 e. The van der Waals surface area contributed by atoms with Crippen molar-refractivity contribution in [1.29, 1.82) is 0 Å². The van der Waals surface area contributed by atoms with E-state index in [0.717, 1.165) is 18.7 Å². The number of benzene rings is 1. The van der Waals surface area contributed by atoms with Crippen molar-refractivity contribution in [1.82, 2.24) is 10.2 Å². The molecule has 0 aromatic heterocycles. The highest BCUT2D eigenvalue weighted by Crippen LogP contribution is 2.50. The molecule has 1 unspecified atom stereocenters. The van der Waals surface area contributed by atoms with Crippen LogP contribution in [0.15, 0.2) is 18.2 Å². The van der Waals surface area contributed by atoms with Crippen molar-refractivity contribution >= 4 is 24.3 Å². The summed E-state index contributed by atoms with van der Waals surface area (Å²) < 4.78 is 10.7. The number of nitrogens with one attached hydrogen (secondary N) is 1. The Labute approximate surface area is 157 Å². The van der Waals surface area contributed by atoms with Gasteiger partial charge in [-0.15, -0.1) is 12.4 Å². The third kappa shape index (κ3) is 2.61. The topological polar surface area (TPSA) is 88.1 Å². The summed E-state index contributed by atoms with van der Waals surface area (Å²) in [7, 11) is 0. The maximum atomic E-state index is 12.8. The first-order valence-corrected chi connectivity index (χ1v) is 8.75. The van der Waals surface area contributed by atoms with Crippen molar-refractivity contribution in [3.8, 4) is 11.5 Å². The maximum Gasteiger partial charge on any atom is 0.308 e. The molecule has 26 heavy (non-hydrogen) atoms. The molecule has 8 heteroatoms. The number of aliphatic carboxylic acids is 1. The molecule has 1 aliphatic carbocycles. The summed E-state index contributed by atoms with van der Waals surface area (Å²) in [5.74, 6) is 0.788. The van der Waals surface area contributed by atoms with Crippen LogP contribution in [0.3, 0.4) is 0 Å². The van der Waals surface area contributed by atoms with Crippen LogP contribution in [0.1, 0.15) is 11.5 Å². The van der Waals surface area contributed by atoms with E-state index < -0.39 is 11.9 Å². The average molecular weight is 381 g/mol. The molecule has 1 saturated carbocycles. The summed E-state index contributed by atoms with van der Waals surface area (Å²) in [6.07, 6.45) is 0. The van der Waals surface area contributed by atoms with Gasteiger partial charge in [-0.2, -0.15) is 0 Å². The summed E-state index contributed by atoms with van der Waals surface area (Å²) in [5.41, 5.74) is 0.893. The first-order chi connectivity index (χ1) is 12.1. The third-order valence-electron chi connectivity index (χ3n) is 6.15. The first-order valence-electron chi connectivity index (χ1n) is 8.75. The van der Waals surface area contributed by atoms with Crippen LogP contribution in [-0.2, 0) is 9.59 Å². The molecule has 1 amide bonds. The number of carbonyl (C=O) groups excluding carboxylic acids is 1. The minimum Gasteiger partial charge on any atom is -0.481 e. The van der Waals surface area contributed by atoms with E-state index in [1.165, 1.54) is 0 Å². The van der Waals surface area contributed by atoms with E-state index in [-0.39, 0.29) is 43.5 Å². The zero-order valence-electron chi connectivity index (χ0n) is 14.1. The van der Waals surface area contributed by atoms with Crippen LogP contribution in [0, 0.1) is 23.7 Å². The number of nitrogens with zero attached hydrogens (tertiary/aromatic N) is 1. The van der Waals surface area contributed by atoms with E-state index in [0.29, 0.717) is 29.9 Å². The van der Waals surface area contributed by atoms with Gasteiger partial charge >= 0.3 is 5.97 Å². The summed E-state index contributed by atoms with van der Waals surface area (Å²) >= 11 is 0. The monoisotopic (exact) mass is 380 g/mol.